The molecule has 0 saturated carbocycles. The van der Waals surface area contributed by atoms with Gasteiger partial charge >= 0.3 is 0 Å². The number of benzene rings is 3. The lowest BCUT2D eigenvalue weighted by molar-refractivity contribution is 0.0718. The van der Waals surface area contributed by atoms with Gasteiger partial charge in [0.2, 0.25) is 5.76 Å². The fraction of sp³-hybridized carbons (Fsp3) is 0.138. The van der Waals surface area contributed by atoms with Gasteiger partial charge in [-0.3, -0.25) is 9.59 Å². The molecule has 190 valence electrons. The van der Waals surface area contributed by atoms with E-state index >= 15 is 0 Å². The number of fused-ring (bicyclic) bond motifs is 1. The number of amides is 2. The molecule has 1 N–H and O–H groups in total. The van der Waals surface area contributed by atoms with Gasteiger partial charge in [-0.1, -0.05) is 35.5 Å². The lowest BCUT2D eigenvalue weighted by atomic mass is 10.1. The summed E-state index contributed by atoms with van der Waals surface area (Å²) in [5.41, 5.74) is 2.49. The second-order valence-electron chi connectivity index (χ2n) is 8.95. The number of nitrogens with zero attached hydrogens (tertiary/aromatic N) is 3. The van der Waals surface area contributed by atoms with Crippen LogP contribution in [0.25, 0.3) is 22.3 Å². The van der Waals surface area contributed by atoms with Crippen molar-refractivity contribution in [2.24, 2.45) is 0 Å². The van der Waals surface area contributed by atoms with Crippen LogP contribution >= 0.6 is 0 Å². The normalized spacial score (nSPS) is 13.6. The molecule has 1 saturated heterocycles. The smallest absolute Gasteiger partial charge is 0.291 e. The Kier molecular flexibility index (Phi) is 6.09. The number of anilines is 2. The summed E-state index contributed by atoms with van der Waals surface area (Å²) in [5.74, 6) is -0.848. The number of piperazine rings is 1. The van der Waals surface area contributed by atoms with Crippen molar-refractivity contribution >= 4 is 34.2 Å². The van der Waals surface area contributed by atoms with E-state index in [2.05, 4.69) is 27.5 Å². The lowest BCUT2D eigenvalue weighted by Gasteiger charge is -2.35. The summed E-state index contributed by atoms with van der Waals surface area (Å²) in [6.45, 7) is 2.40. The Morgan fingerprint density at radius 2 is 1.58 bits per heavy atom. The number of hydrogen-bond acceptors (Lipinski definition) is 6. The molecule has 2 amide bonds. The van der Waals surface area contributed by atoms with E-state index in [9.17, 15) is 14.0 Å². The number of aromatic nitrogens is 1. The van der Waals surface area contributed by atoms with E-state index in [0.29, 0.717) is 48.5 Å². The molecular weight excluding hydrogens is 487 g/mol. The van der Waals surface area contributed by atoms with Gasteiger partial charge in [-0.2, -0.15) is 0 Å². The molecule has 0 atom stereocenters. The zero-order valence-electron chi connectivity index (χ0n) is 20.3. The molecule has 1 aliphatic heterocycles. The fourth-order valence-corrected chi connectivity index (χ4v) is 4.58. The Bertz CT molecular complexity index is 1600. The van der Waals surface area contributed by atoms with Crippen molar-refractivity contribution in [2.75, 3.05) is 36.4 Å². The highest BCUT2D eigenvalue weighted by Gasteiger charge is 2.29. The molecular formula is C29H23FN4O4. The number of hydrogen-bond donors (Lipinski definition) is 1. The van der Waals surface area contributed by atoms with Crippen molar-refractivity contribution in [3.8, 4) is 11.3 Å². The van der Waals surface area contributed by atoms with Crippen LogP contribution < -0.4 is 10.2 Å². The van der Waals surface area contributed by atoms with Crippen LogP contribution in [0.3, 0.4) is 0 Å². The van der Waals surface area contributed by atoms with Crippen LogP contribution in [0.2, 0.25) is 0 Å². The highest BCUT2D eigenvalue weighted by Crippen LogP contribution is 2.33. The number of carbonyl (C=O) groups excluding carboxylic acids is 2. The number of rotatable bonds is 5. The van der Waals surface area contributed by atoms with Crippen LogP contribution in [0.5, 0.6) is 0 Å². The summed E-state index contributed by atoms with van der Waals surface area (Å²) in [7, 11) is 0. The monoisotopic (exact) mass is 510 g/mol. The number of carbonyl (C=O) groups is 2. The molecule has 5 aromatic rings. The summed E-state index contributed by atoms with van der Waals surface area (Å²) in [6, 6.07) is 24.3. The van der Waals surface area contributed by atoms with Crippen molar-refractivity contribution in [3.63, 3.8) is 0 Å². The Balaban J connectivity index is 1.23. The van der Waals surface area contributed by atoms with E-state index in [1.54, 1.807) is 23.1 Å². The molecule has 8 nitrogen and oxygen atoms in total. The van der Waals surface area contributed by atoms with Gasteiger partial charge in [0.05, 0.1) is 0 Å². The summed E-state index contributed by atoms with van der Waals surface area (Å²) in [5, 5.41) is 7.28. The van der Waals surface area contributed by atoms with Gasteiger partial charge in [0.25, 0.3) is 11.8 Å². The molecule has 2 aromatic heterocycles. The number of nitrogens with one attached hydrogen (secondary N) is 1. The fourth-order valence-electron chi connectivity index (χ4n) is 4.58. The van der Waals surface area contributed by atoms with Crippen molar-refractivity contribution in [1.29, 1.82) is 0 Å². The minimum Gasteiger partial charge on any atom is -0.449 e. The molecule has 6 rings (SSSR count). The maximum absolute atomic E-state index is 13.6. The van der Waals surface area contributed by atoms with Gasteiger partial charge in [-0.15, -0.1) is 0 Å². The third-order valence-corrected chi connectivity index (χ3v) is 6.59. The minimum atomic E-state index is -0.559. The lowest BCUT2D eigenvalue weighted by Crippen LogP contribution is -2.48. The zero-order chi connectivity index (χ0) is 26.1. The van der Waals surface area contributed by atoms with Gasteiger partial charge in [0.15, 0.2) is 11.5 Å². The largest absolute Gasteiger partial charge is 0.449 e. The first-order valence-corrected chi connectivity index (χ1v) is 12.2. The number of halogens is 1. The summed E-state index contributed by atoms with van der Waals surface area (Å²) < 4.78 is 24.5. The third kappa shape index (κ3) is 4.50. The van der Waals surface area contributed by atoms with Crippen LogP contribution in [0.4, 0.5) is 15.8 Å². The average molecular weight is 511 g/mol. The first-order chi connectivity index (χ1) is 18.6. The molecule has 3 aromatic carbocycles. The number of furan rings is 1. The Hall–Kier alpha value is -4.92. The predicted octanol–water partition coefficient (Wildman–Crippen LogP) is 5.44. The second kappa shape index (κ2) is 9.85. The van der Waals surface area contributed by atoms with Crippen LogP contribution in [0.15, 0.2) is 93.9 Å². The van der Waals surface area contributed by atoms with Gasteiger partial charge in [0, 0.05) is 48.9 Å². The highest BCUT2D eigenvalue weighted by atomic mass is 19.1. The second-order valence-corrected chi connectivity index (χ2v) is 8.95. The highest BCUT2D eigenvalue weighted by molar-refractivity contribution is 6.14. The van der Waals surface area contributed by atoms with E-state index in [1.807, 2.05) is 24.3 Å². The maximum Gasteiger partial charge on any atom is 0.291 e. The van der Waals surface area contributed by atoms with Crippen molar-refractivity contribution in [3.05, 3.63) is 102 Å². The molecule has 0 unspecified atom stereocenters. The Morgan fingerprint density at radius 3 is 2.34 bits per heavy atom. The van der Waals surface area contributed by atoms with Crippen molar-refractivity contribution in [1.82, 2.24) is 10.1 Å². The average Bonchev–Trinajstić information content (AvgIpc) is 3.60. The SMILES string of the molecule is O=C(Nc1c(C(=O)N2CCN(c3ccccc3)CC2)oc2ccccc12)c1cc(-c2ccc(F)cc2)on1. The maximum atomic E-state index is 13.6. The zero-order valence-corrected chi connectivity index (χ0v) is 20.3. The van der Waals surface area contributed by atoms with E-state index in [1.165, 1.54) is 30.3 Å². The molecule has 3 heterocycles. The Labute approximate surface area is 217 Å². The standard InChI is InChI=1S/C29H23FN4O4/c30-20-12-10-19(11-13-20)25-18-23(32-38-25)28(35)31-26-22-8-4-5-9-24(22)37-27(26)29(36)34-16-14-33(15-17-34)21-6-2-1-3-7-21/h1-13,18H,14-17H2,(H,31,35). The van der Waals surface area contributed by atoms with E-state index in [-0.39, 0.29) is 28.9 Å². The van der Waals surface area contributed by atoms with Crippen LogP contribution in [-0.2, 0) is 0 Å². The minimum absolute atomic E-state index is 0.0180. The third-order valence-electron chi connectivity index (χ3n) is 6.59. The molecule has 38 heavy (non-hydrogen) atoms. The number of para-hydroxylation sites is 2. The van der Waals surface area contributed by atoms with Crippen molar-refractivity contribution in [2.45, 2.75) is 0 Å². The van der Waals surface area contributed by atoms with Crippen LogP contribution in [0, 0.1) is 5.82 Å². The van der Waals surface area contributed by atoms with Crippen molar-refractivity contribution < 1.29 is 22.9 Å². The van der Waals surface area contributed by atoms with Crippen LogP contribution in [-0.4, -0.2) is 48.0 Å². The predicted molar refractivity (Wildman–Crippen MR) is 141 cm³/mol. The molecule has 0 aliphatic carbocycles. The van der Waals surface area contributed by atoms with Crippen LogP contribution in [0.1, 0.15) is 21.0 Å². The molecule has 0 bridgehead atoms. The van der Waals surface area contributed by atoms with Gasteiger partial charge in [-0.05, 0) is 48.5 Å². The van der Waals surface area contributed by atoms with E-state index in [0.717, 1.165) is 5.69 Å². The first-order valence-electron chi connectivity index (χ1n) is 12.2. The van der Waals surface area contributed by atoms with Gasteiger partial charge in [0.1, 0.15) is 17.1 Å². The van der Waals surface area contributed by atoms with E-state index in [4.69, 9.17) is 8.94 Å². The summed E-state index contributed by atoms with van der Waals surface area (Å²) in [6.07, 6.45) is 0. The topological polar surface area (TPSA) is 91.8 Å². The molecule has 0 spiro atoms. The summed E-state index contributed by atoms with van der Waals surface area (Å²) >= 11 is 0. The molecule has 9 heteroatoms. The summed E-state index contributed by atoms with van der Waals surface area (Å²) in [4.78, 5) is 30.7. The first kappa shape index (κ1) is 23.5. The van der Waals surface area contributed by atoms with Gasteiger partial charge in [-0.25, -0.2) is 4.39 Å². The molecule has 1 aliphatic rings. The quantitative estimate of drug-likeness (QED) is 0.339. The molecule has 1 fully saturated rings. The molecule has 0 radical (unpaired) electrons. The van der Waals surface area contributed by atoms with E-state index < -0.39 is 5.91 Å². The van der Waals surface area contributed by atoms with Gasteiger partial charge < -0.3 is 24.1 Å². The Morgan fingerprint density at radius 1 is 0.868 bits per heavy atom.